The minimum atomic E-state index is -0.462. The first-order chi connectivity index (χ1) is 18.6. The lowest BCUT2D eigenvalue weighted by atomic mass is 9.92. The van der Waals surface area contributed by atoms with Crippen LogP contribution >= 0.6 is 11.8 Å². The van der Waals surface area contributed by atoms with E-state index in [0.29, 0.717) is 45.4 Å². The largest absolute Gasteiger partial charge is 0.457 e. The lowest BCUT2D eigenvalue weighted by molar-refractivity contribution is 0.256. The summed E-state index contributed by atoms with van der Waals surface area (Å²) in [6.45, 7) is 5.96. The highest BCUT2D eigenvalue weighted by Gasteiger charge is 2.16. The van der Waals surface area contributed by atoms with E-state index in [9.17, 15) is 9.59 Å². The van der Waals surface area contributed by atoms with Gasteiger partial charge in [0.25, 0.3) is 0 Å². The predicted molar refractivity (Wildman–Crippen MR) is 158 cm³/mol. The number of pyridine rings is 2. The van der Waals surface area contributed by atoms with Crippen LogP contribution in [0, 0.1) is 5.41 Å². The summed E-state index contributed by atoms with van der Waals surface area (Å²) in [5.74, 6) is 1.43. The summed E-state index contributed by atoms with van der Waals surface area (Å²) in [6, 6.07) is 19.0. The van der Waals surface area contributed by atoms with Gasteiger partial charge in [0, 0.05) is 34.3 Å². The van der Waals surface area contributed by atoms with Gasteiger partial charge in [0.2, 0.25) is 5.56 Å². The number of nitrogens with two attached hydrogens (primary N) is 1. The quantitative estimate of drug-likeness (QED) is 0.131. The fraction of sp³-hybridized carbons (Fsp3) is 0.172. The number of hydrogen-bond acceptors (Lipinski definition) is 7. The molecule has 5 N–H and O–H groups in total. The van der Waals surface area contributed by atoms with Crippen LogP contribution in [-0.4, -0.2) is 28.1 Å². The van der Waals surface area contributed by atoms with Crippen LogP contribution in [0.5, 0.6) is 11.5 Å². The second kappa shape index (κ2) is 11.9. The molecule has 2 aromatic heterocycles. The number of nitrogens with one attached hydrogen (secondary N) is 3. The summed E-state index contributed by atoms with van der Waals surface area (Å²) < 4.78 is 6.10. The number of anilines is 1. The molecule has 4 rings (SSSR count). The van der Waals surface area contributed by atoms with Crippen LogP contribution in [0.1, 0.15) is 20.8 Å². The molecule has 2 amide bonds. The Morgan fingerprint density at radius 1 is 1.10 bits per heavy atom. The average molecular weight is 543 g/mol. The molecule has 2 heterocycles. The van der Waals surface area contributed by atoms with Gasteiger partial charge in [-0.2, -0.15) is 0 Å². The van der Waals surface area contributed by atoms with Crippen molar-refractivity contribution in [3.63, 3.8) is 0 Å². The van der Waals surface area contributed by atoms with Crippen LogP contribution in [-0.2, 0) is 0 Å². The number of thioether (sulfide) groups is 1. The normalized spacial score (nSPS) is 12.3. The maximum Gasteiger partial charge on any atom is 0.324 e. The molecule has 0 radical (unpaired) electrons. The molecule has 0 aliphatic rings. The van der Waals surface area contributed by atoms with Crippen molar-refractivity contribution in [3.05, 3.63) is 95.1 Å². The molecule has 0 saturated carbocycles. The van der Waals surface area contributed by atoms with Gasteiger partial charge in [-0.1, -0.05) is 39.0 Å². The van der Waals surface area contributed by atoms with Gasteiger partial charge in [-0.15, -0.1) is 11.8 Å². The molecule has 4 aromatic rings. The number of rotatable bonds is 6. The second-order valence-corrected chi connectivity index (χ2v) is 10.5. The lowest BCUT2D eigenvalue weighted by Gasteiger charge is -2.19. The topological polar surface area (TPSA) is 134 Å². The Kier molecular flexibility index (Phi) is 8.36. The fourth-order valence-corrected chi connectivity index (χ4v) is 4.03. The molecule has 0 unspecified atom stereocenters. The summed E-state index contributed by atoms with van der Waals surface area (Å²) in [6.07, 6.45) is 5.15. The Hall–Kier alpha value is -4.57. The van der Waals surface area contributed by atoms with Gasteiger partial charge in [0.1, 0.15) is 23.0 Å². The molecule has 200 valence electrons. The van der Waals surface area contributed by atoms with Gasteiger partial charge in [-0.25, -0.2) is 14.8 Å². The molecule has 0 aliphatic carbocycles. The molecule has 0 atom stereocenters. The first kappa shape index (κ1) is 27.5. The van der Waals surface area contributed by atoms with Crippen LogP contribution < -0.4 is 26.7 Å². The van der Waals surface area contributed by atoms with Crippen LogP contribution in [0.25, 0.3) is 11.0 Å². The van der Waals surface area contributed by atoms with Crippen molar-refractivity contribution >= 4 is 46.0 Å². The van der Waals surface area contributed by atoms with Gasteiger partial charge in [0.05, 0.1) is 16.8 Å². The highest BCUT2D eigenvalue weighted by Crippen LogP contribution is 2.33. The number of nitrogens with zero attached hydrogens (tertiary/aromatic N) is 2. The number of aliphatic imine (C=N–C) groups is 1. The minimum Gasteiger partial charge on any atom is -0.457 e. The van der Waals surface area contributed by atoms with E-state index in [1.165, 1.54) is 17.8 Å². The number of H-pyrrole nitrogens is 1. The molecule has 2 aromatic carbocycles. The Balaban J connectivity index is 1.55. The van der Waals surface area contributed by atoms with E-state index in [2.05, 4.69) is 25.6 Å². The number of ether oxygens (including phenoxy) is 1. The summed E-state index contributed by atoms with van der Waals surface area (Å²) in [5.41, 5.74) is 8.04. The molecule has 39 heavy (non-hydrogen) atoms. The van der Waals surface area contributed by atoms with E-state index >= 15 is 0 Å². The number of aromatic nitrogens is 2. The first-order valence-corrected chi connectivity index (χ1v) is 13.4. The van der Waals surface area contributed by atoms with Gasteiger partial charge in [-0.3, -0.25) is 10.1 Å². The number of amidine groups is 1. The lowest BCUT2D eigenvalue weighted by Crippen LogP contribution is -2.34. The van der Waals surface area contributed by atoms with Crippen molar-refractivity contribution in [2.24, 2.45) is 16.1 Å². The van der Waals surface area contributed by atoms with E-state index in [4.69, 9.17) is 10.5 Å². The summed E-state index contributed by atoms with van der Waals surface area (Å²) in [5, 5.41) is 6.38. The predicted octanol–water partition coefficient (Wildman–Crippen LogP) is 6.18. The van der Waals surface area contributed by atoms with Crippen LogP contribution in [0.2, 0.25) is 0 Å². The van der Waals surface area contributed by atoms with E-state index in [1.807, 2.05) is 63.4 Å². The highest BCUT2D eigenvalue weighted by molar-refractivity contribution is 7.98. The van der Waals surface area contributed by atoms with Crippen molar-refractivity contribution in [2.75, 3.05) is 11.6 Å². The Morgan fingerprint density at radius 3 is 2.59 bits per heavy atom. The number of fused-ring (bicyclic) bond motifs is 1. The number of hydrogen-bond donors (Lipinski definition) is 4. The summed E-state index contributed by atoms with van der Waals surface area (Å²) in [7, 11) is 0. The zero-order valence-electron chi connectivity index (χ0n) is 22.1. The van der Waals surface area contributed by atoms with Crippen molar-refractivity contribution in [3.8, 4) is 11.5 Å². The molecule has 0 fully saturated rings. The molecule has 0 aliphatic heterocycles. The molecular weight excluding hydrogens is 512 g/mol. The van der Waals surface area contributed by atoms with E-state index < -0.39 is 6.03 Å². The van der Waals surface area contributed by atoms with Crippen LogP contribution in [0.3, 0.4) is 0 Å². The van der Waals surface area contributed by atoms with Crippen molar-refractivity contribution < 1.29 is 9.53 Å². The van der Waals surface area contributed by atoms with Crippen molar-refractivity contribution in [1.82, 2.24) is 15.3 Å². The maximum atomic E-state index is 13.0. The SMILES string of the molecule is CSc1cc(Oc2ccnc3[nH]c(=O)ccc23)ccc1NC(=O)NC(/C=C(\N)C(C)(C)C)=Nc1ccccc1. The fourth-order valence-electron chi connectivity index (χ4n) is 3.46. The highest BCUT2D eigenvalue weighted by atomic mass is 32.2. The number of benzene rings is 2. The van der Waals surface area contributed by atoms with Gasteiger partial charge >= 0.3 is 6.03 Å². The third-order valence-electron chi connectivity index (χ3n) is 5.65. The molecule has 10 heteroatoms. The third-order valence-corrected chi connectivity index (χ3v) is 6.43. The van der Waals surface area contributed by atoms with Gasteiger partial charge in [0.15, 0.2) is 0 Å². The number of carbonyl (C=O) groups excluding carboxylic acids is 1. The first-order valence-electron chi connectivity index (χ1n) is 12.2. The van der Waals surface area contributed by atoms with Crippen LogP contribution in [0.4, 0.5) is 16.2 Å². The Bertz CT molecular complexity index is 1610. The molecule has 0 saturated heterocycles. The number of carbonyl (C=O) groups is 1. The summed E-state index contributed by atoms with van der Waals surface area (Å²) >= 11 is 1.46. The smallest absolute Gasteiger partial charge is 0.324 e. The van der Waals surface area contributed by atoms with E-state index in [0.717, 1.165) is 4.90 Å². The van der Waals surface area contributed by atoms with Crippen LogP contribution in [0.15, 0.2) is 99.4 Å². The van der Waals surface area contributed by atoms with Crippen molar-refractivity contribution in [1.29, 1.82) is 0 Å². The van der Waals surface area contributed by atoms with Gasteiger partial charge < -0.3 is 20.8 Å². The second-order valence-electron chi connectivity index (χ2n) is 9.62. The number of para-hydroxylation sites is 1. The number of aromatic amines is 1. The number of allylic oxidation sites excluding steroid dienone is 1. The maximum absolute atomic E-state index is 13.0. The third kappa shape index (κ3) is 7.26. The monoisotopic (exact) mass is 542 g/mol. The van der Waals surface area contributed by atoms with Crippen molar-refractivity contribution in [2.45, 2.75) is 25.7 Å². The average Bonchev–Trinajstić information content (AvgIpc) is 2.89. The Labute approximate surface area is 230 Å². The molecular formula is C29H30N6O3S. The Morgan fingerprint density at radius 2 is 1.87 bits per heavy atom. The van der Waals surface area contributed by atoms with E-state index in [1.54, 1.807) is 36.5 Å². The zero-order chi connectivity index (χ0) is 28.0. The zero-order valence-corrected chi connectivity index (χ0v) is 22.9. The summed E-state index contributed by atoms with van der Waals surface area (Å²) in [4.78, 5) is 36.9. The standard InChI is InChI=1S/C29H30N6O3S/c1-29(2,3)24(30)17-25(32-18-8-6-5-7-9-18)34-28(37)33-21-12-10-19(16-23(21)39-4)38-22-14-15-31-27-20(22)11-13-26(36)35-27/h5-17H,30H2,1-4H3,(H,31,35,36)(H2,32,33,34,37)/b24-17-. The minimum absolute atomic E-state index is 0.237. The molecule has 0 spiro atoms. The van der Waals surface area contributed by atoms with Gasteiger partial charge in [-0.05, 0) is 48.7 Å². The van der Waals surface area contributed by atoms with E-state index in [-0.39, 0.29) is 11.0 Å². The number of urea groups is 1. The molecule has 0 bridgehead atoms. The number of amides is 2. The molecule has 9 nitrogen and oxygen atoms in total.